The van der Waals surface area contributed by atoms with Crippen molar-refractivity contribution < 1.29 is 13.2 Å². The lowest BCUT2D eigenvalue weighted by Crippen LogP contribution is -2.28. The molecule has 1 aliphatic rings. The van der Waals surface area contributed by atoms with Gasteiger partial charge in [-0.15, -0.1) is 0 Å². The highest BCUT2D eigenvalue weighted by molar-refractivity contribution is 7.89. The summed E-state index contributed by atoms with van der Waals surface area (Å²) < 4.78 is 26.7. The van der Waals surface area contributed by atoms with E-state index >= 15 is 0 Å². The molecule has 6 nitrogen and oxygen atoms in total. The van der Waals surface area contributed by atoms with Crippen molar-refractivity contribution in [3.63, 3.8) is 0 Å². The van der Waals surface area contributed by atoms with Gasteiger partial charge in [0, 0.05) is 30.8 Å². The van der Waals surface area contributed by atoms with E-state index in [0.29, 0.717) is 13.1 Å². The van der Waals surface area contributed by atoms with Crippen molar-refractivity contribution in [1.29, 1.82) is 0 Å². The Morgan fingerprint density at radius 2 is 1.81 bits per heavy atom. The van der Waals surface area contributed by atoms with Gasteiger partial charge < -0.3 is 0 Å². The topological polar surface area (TPSA) is 78.8 Å². The molecule has 2 aromatic rings. The van der Waals surface area contributed by atoms with Gasteiger partial charge in [-0.25, -0.2) is 13.8 Å². The molecular weight excluding hydrogens is 362 g/mol. The second-order valence-corrected chi connectivity index (χ2v) is 8.50. The highest BCUT2D eigenvalue weighted by Crippen LogP contribution is 2.21. The van der Waals surface area contributed by atoms with E-state index in [2.05, 4.69) is 10.5 Å². The van der Waals surface area contributed by atoms with Crippen molar-refractivity contribution >= 4 is 22.1 Å². The quantitative estimate of drug-likeness (QED) is 0.613. The summed E-state index contributed by atoms with van der Waals surface area (Å²) in [7, 11) is -3.55. The molecule has 2 aromatic carbocycles. The number of nitrogens with zero attached hydrogens (tertiary/aromatic N) is 2. The standard InChI is InChI=1S/C20H23N3O3S/c1-16(17-8-3-2-4-9-17)15-21-22-20(24)18-10-7-11-19(14-18)27(25,26)23-12-5-6-13-23/h2-4,7-11,14-16H,5-6,12-13H2,1H3,(H,22,24)/b21-15+. The Labute approximate surface area is 159 Å². The molecule has 0 aromatic heterocycles. The number of hydrazone groups is 1. The van der Waals surface area contributed by atoms with Crippen molar-refractivity contribution in [2.75, 3.05) is 13.1 Å². The van der Waals surface area contributed by atoms with E-state index < -0.39 is 15.9 Å². The number of benzene rings is 2. The number of rotatable bonds is 6. The smallest absolute Gasteiger partial charge is 0.267 e. The van der Waals surface area contributed by atoms with Gasteiger partial charge in [0.1, 0.15) is 0 Å². The van der Waals surface area contributed by atoms with Crippen LogP contribution in [0.1, 0.15) is 41.6 Å². The fourth-order valence-corrected chi connectivity index (χ4v) is 4.55. The van der Waals surface area contributed by atoms with Crippen LogP contribution in [0.2, 0.25) is 0 Å². The van der Waals surface area contributed by atoms with Gasteiger partial charge in [-0.2, -0.15) is 9.41 Å². The second kappa shape index (κ2) is 8.45. The van der Waals surface area contributed by atoms with Crippen molar-refractivity contribution in [3.05, 3.63) is 65.7 Å². The van der Waals surface area contributed by atoms with E-state index in [1.165, 1.54) is 16.4 Å². The molecule has 1 saturated heterocycles. The van der Waals surface area contributed by atoms with Gasteiger partial charge in [0.2, 0.25) is 10.0 Å². The molecule has 142 valence electrons. The number of amides is 1. The fraction of sp³-hybridized carbons (Fsp3) is 0.300. The first-order valence-corrected chi connectivity index (χ1v) is 10.4. The molecule has 0 bridgehead atoms. The minimum atomic E-state index is -3.55. The molecular formula is C20H23N3O3S. The van der Waals surface area contributed by atoms with Crippen molar-refractivity contribution in [3.8, 4) is 0 Å². The molecule has 1 fully saturated rings. The molecule has 1 atom stereocenters. The molecule has 7 heteroatoms. The number of sulfonamides is 1. The summed E-state index contributed by atoms with van der Waals surface area (Å²) in [5.41, 5.74) is 3.83. The Hall–Kier alpha value is -2.51. The van der Waals surface area contributed by atoms with Crippen LogP contribution in [0, 0.1) is 0 Å². The predicted octanol–water partition coefficient (Wildman–Crippen LogP) is 2.99. The Bertz CT molecular complexity index is 920. The van der Waals surface area contributed by atoms with Crippen LogP contribution in [-0.2, 0) is 10.0 Å². The van der Waals surface area contributed by atoms with Gasteiger partial charge in [-0.1, -0.05) is 43.3 Å². The Balaban J connectivity index is 1.68. The maximum Gasteiger partial charge on any atom is 0.271 e. The molecule has 1 N–H and O–H groups in total. The van der Waals surface area contributed by atoms with Gasteiger partial charge in [0.25, 0.3) is 5.91 Å². The summed E-state index contributed by atoms with van der Waals surface area (Å²) in [5, 5.41) is 4.01. The molecule has 0 radical (unpaired) electrons. The third-order valence-electron chi connectivity index (χ3n) is 4.59. The van der Waals surface area contributed by atoms with Crippen LogP contribution in [0.4, 0.5) is 0 Å². The minimum Gasteiger partial charge on any atom is -0.267 e. The number of nitrogens with one attached hydrogen (secondary N) is 1. The first-order valence-electron chi connectivity index (χ1n) is 8.97. The maximum atomic E-state index is 12.6. The summed E-state index contributed by atoms with van der Waals surface area (Å²) in [6.45, 7) is 3.04. The first kappa shape index (κ1) is 19.3. The Morgan fingerprint density at radius 3 is 2.52 bits per heavy atom. The van der Waals surface area contributed by atoms with Crippen molar-refractivity contribution in [1.82, 2.24) is 9.73 Å². The highest BCUT2D eigenvalue weighted by atomic mass is 32.2. The lowest BCUT2D eigenvalue weighted by Gasteiger charge is -2.15. The molecule has 0 spiro atoms. The summed E-state index contributed by atoms with van der Waals surface area (Å²) in [6, 6.07) is 15.9. The summed E-state index contributed by atoms with van der Waals surface area (Å²) in [6.07, 6.45) is 3.39. The Kier molecular flexibility index (Phi) is 6.03. The largest absolute Gasteiger partial charge is 0.271 e. The monoisotopic (exact) mass is 385 g/mol. The summed E-state index contributed by atoms with van der Waals surface area (Å²) in [4.78, 5) is 12.5. The fourth-order valence-electron chi connectivity index (χ4n) is 2.99. The minimum absolute atomic E-state index is 0.0494. The van der Waals surface area contributed by atoms with Crippen LogP contribution in [-0.4, -0.2) is 37.9 Å². The summed E-state index contributed by atoms with van der Waals surface area (Å²) >= 11 is 0. The SMILES string of the molecule is CC(/C=N/NC(=O)c1cccc(S(=O)(=O)N2CCCC2)c1)c1ccccc1. The first-order chi connectivity index (χ1) is 13.0. The zero-order valence-corrected chi connectivity index (χ0v) is 16.0. The Morgan fingerprint density at radius 1 is 1.11 bits per heavy atom. The van der Waals surface area contributed by atoms with Gasteiger partial charge in [-0.05, 0) is 36.6 Å². The number of hydrogen-bond acceptors (Lipinski definition) is 4. The number of hydrogen-bond donors (Lipinski definition) is 1. The lowest BCUT2D eigenvalue weighted by molar-refractivity contribution is 0.0955. The molecule has 1 aliphatic heterocycles. The van der Waals surface area contributed by atoms with Gasteiger partial charge in [0.05, 0.1) is 4.90 Å². The van der Waals surface area contributed by atoms with E-state index in [1.54, 1.807) is 18.3 Å². The maximum absolute atomic E-state index is 12.6. The third kappa shape index (κ3) is 4.61. The van der Waals surface area contributed by atoms with Gasteiger partial charge >= 0.3 is 0 Å². The van der Waals surface area contributed by atoms with Crippen LogP contribution in [0.3, 0.4) is 0 Å². The average molecular weight is 385 g/mol. The van der Waals surface area contributed by atoms with Crippen LogP contribution in [0.25, 0.3) is 0 Å². The predicted molar refractivity (Wildman–Crippen MR) is 105 cm³/mol. The second-order valence-electron chi connectivity index (χ2n) is 6.56. The third-order valence-corrected chi connectivity index (χ3v) is 6.48. The molecule has 1 heterocycles. The van der Waals surface area contributed by atoms with Crippen LogP contribution >= 0.6 is 0 Å². The number of carbonyl (C=O) groups excluding carboxylic acids is 1. The molecule has 3 rings (SSSR count). The van der Waals surface area contributed by atoms with E-state index in [0.717, 1.165) is 18.4 Å². The number of carbonyl (C=O) groups is 1. The van der Waals surface area contributed by atoms with Crippen molar-refractivity contribution in [2.45, 2.75) is 30.6 Å². The zero-order valence-electron chi connectivity index (χ0n) is 15.2. The normalized spacial score (nSPS) is 16.5. The van der Waals surface area contributed by atoms with Crippen LogP contribution < -0.4 is 5.43 Å². The van der Waals surface area contributed by atoms with Crippen molar-refractivity contribution in [2.24, 2.45) is 5.10 Å². The van der Waals surface area contributed by atoms with E-state index in [4.69, 9.17) is 0 Å². The molecule has 1 unspecified atom stereocenters. The van der Waals surface area contributed by atoms with E-state index in [-0.39, 0.29) is 16.4 Å². The van der Waals surface area contributed by atoms with Gasteiger partial charge in [0.15, 0.2) is 0 Å². The average Bonchev–Trinajstić information content (AvgIpc) is 3.24. The van der Waals surface area contributed by atoms with E-state index in [1.807, 2.05) is 37.3 Å². The van der Waals surface area contributed by atoms with Crippen LogP contribution in [0.5, 0.6) is 0 Å². The molecule has 1 amide bonds. The van der Waals surface area contributed by atoms with Crippen LogP contribution in [0.15, 0.2) is 64.6 Å². The summed E-state index contributed by atoms with van der Waals surface area (Å²) in [5.74, 6) is -0.390. The molecule has 0 aliphatic carbocycles. The highest BCUT2D eigenvalue weighted by Gasteiger charge is 2.27. The molecule has 27 heavy (non-hydrogen) atoms. The molecule has 0 saturated carbocycles. The van der Waals surface area contributed by atoms with E-state index in [9.17, 15) is 13.2 Å². The van der Waals surface area contributed by atoms with Gasteiger partial charge in [-0.3, -0.25) is 4.79 Å². The zero-order chi connectivity index (χ0) is 19.3. The lowest BCUT2D eigenvalue weighted by atomic mass is 10.0.